The van der Waals surface area contributed by atoms with Gasteiger partial charge in [-0.25, -0.2) is 4.39 Å². The Morgan fingerprint density at radius 3 is 2.69 bits per heavy atom. The van der Waals surface area contributed by atoms with E-state index in [0.29, 0.717) is 24.1 Å². The zero-order valence-electron chi connectivity index (χ0n) is 14.8. The highest BCUT2D eigenvalue weighted by Crippen LogP contribution is 2.16. The molecule has 2 amide bonds. The molecular weight excluding hydrogens is 335 g/mol. The molecule has 0 saturated carbocycles. The van der Waals surface area contributed by atoms with Crippen molar-refractivity contribution in [1.29, 1.82) is 5.26 Å². The number of nitrogens with one attached hydrogen (secondary N) is 2. The predicted molar refractivity (Wildman–Crippen MR) is 96.3 cm³/mol. The van der Waals surface area contributed by atoms with Crippen LogP contribution in [0.3, 0.4) is 0 Å². The van der Waals surface area contributed by atoms with Gasteiger partial charge in [-0.15, -0.1) is 0 Å². The Morgan fingerprint density at radius 2 is 2.08 bits per heavy atom. The maximum absolute atomic E-state index is 13.1. The Balaban J connectivity index is 1.86. The molecule has 2 rings (SSSR count). The Morgan fingerprint density at radius 1 is 1.31 bits per heavy atom. The van der Waals surface area contributed by atoms with Crippen LogP contribution in [-0.2, 0) is 9.59 Å². The summed E-state index contributed by atoms with van der Waals surface area (Å²) in [6.07, 6.45) is 4.62. The van der Waals surface area contributed by atoms with Crippen molar-refractivity contribution < 1.29 is 14.0 Å². The zero-order chi connectivity index (χ0) is 19.1. The molecule has 1 aliphatic carbocycles. The van der Waals surface area contributed by atoms with Gasteiger partial charge in [0.2, 0.25) is 11.8 Å². The van der Waals surface area contributed by atoms with Gasteiger partial charge in [-0.2, -0.15) is 5.26 Å². The third-order valence-corrected chi connectivity index (χ3v) is 4.12. The topological polar surface area (TPSA) is 85.2 Å². The number of anilines is 1. The molecule has 2 N–H and O–H groups in total. The van der Waals surface area contributed by atoms with Gasteiger partial charge < -0.3 is 10.6 Å². The summed E-state index contributed by atoms with van der Waals surface area (Å²) in [6, 6.07) is 7.18. The smallest absolute Gasteiger partial charge is 0.241 e. The number of halogens is 1. The molecule has 6 nitrogen and oxygen atoms in total. The molecule has 0 spiro atoms. The van der Waals surface area contributed by atoms with E-state index in [1.165, 1.54) is 18.2 Å². The number of carbonyl (C=O) groups excluding carboxylic acids is 2. The molecule has 26 heavy (non-hydrogen) atoms. The van der Waals surface area contributed by atoms with E-state index >= 15 is 0 Å². The third-order valence-electron chi connectivity index (χ3n) is 4.12. The first-order valence-corrected chi connectivity index (χ1v) is 8.25. The molecule has 136 valence electrons. The maximum Gasteiger partial charge on any atom is 0.241 e. The van der Waals surface area contributed by atoms with Gasteiger partial charge in [-0.3, -0.25) is 14.5 Å². The molecule has 0 saturated heterocycles. The SMILES string of the molecule is CC(C(=O)NC1=CC=C(C#N)CC1)N(C)CC(=O)Nc1cccc(F)c1. The summed E-state index contributed by atoms with van der Waals surface area (Å²) in [5.74, 6) is -0.999. The van der Waals surface area contributed by atoms with Crippen molar-refractivity contribution in [2.75, 3.05) is 18.9 Å². The third kappa shape index (κ3) is 5.53. The number of hydrogen-bond acceptors (Lipinski definition) is 4. The van der Waals surface area contributed by atoms with E-state index in [4.69, 9.17) is 5.26 Å². The maximum atomic E-state index is 13.1. The number of benzene rings is 1. The van der Waals surface area contributed by atoms with Crippen LogP contribution in [0.5, 0.6) is 0 Å². The first-order chi connectivity index (χ1) is 12.4. The van der Waals surface area contributed by atoms with Gasteiger partial charge in [0.1, 0.15) is 5.82 Å². The number of allylic oxidation sites excluding steroid dienone is 4. The molecule has 1 aromatic rings. The van der Waals surface area contributed by atoms with Gasteiger partial charge in [-0.1, -0.05) is 6.07 Å². The van der Waals surface area contributed by atoms with Crippen LogP contribution < -0.4 is 10.6 Å². The Labute approximate surface area is 152 Å². The van der Waals surface area contributed by atoms with Crippen molar-refractivity contribution in [2.24, 2.45) is 0 Å². The van der Waals surface area contributed by atoms with E-state index in [1.54, 1.807) is 37.1 Å². The van der Waals surface area contributed by atoms with E-state index < -0.39 is 11.9 Å². The van der Waals surface area contributed by atoms with Crippen LogP contribution in [0.15, 0.2) is 47.7 Å². The number of amides is 2. The highest BCUT2D eigenvalue weighted by molar-refractivity contribution is 5.93. The van der Waals surface area contributed by atoms with Crippen molar-refractivity contribution >= 4 is 17.5 Å². The first-order valence-electron chi connectivity index (χ1n) is 8.25. The summed E-state index contributed by atoms with van der Waals surface area (Å²) < 4.78 is 13.1. The summed E-state index contributed by atoms with van der Waals surface area (Å²) in [5.41, 5.74) is 1.80. The second kappa shape index (κ2) is 8.92. The predicted octanol–water partition coefficient (Wildman–Crippen LogP) is 2.33. The van der Waals surface area contributed by atoms with E-state index in [2.05, 4.69) is 16.7 Å². The van der Waals surface area contributed by atoms with E-state index in [-0.39, 0.29) is 18.4 Å². The lowest BCUT2D eigenvalue weighted by atomic mass is 10.0. The number of nitrogens with zero attached hydrogens (tertiary/aromatic N) is 2. The summed E-state index contributed by atoms with van der Waals surface area (Å²) in [6.45, 7) is 1.69. The molecule has 0 radical (unpaired) electrons. The molecule has 0 bridgehead atoms. The normalized spacial score (nSPS) is 14.7. The highest BCUT2D eigenvalue weighted by atomic mass is 19.1. The largest absolute Gasteiger partial charge is 0.328 e. The molecule has 0 aromatic heterocycles. The Hall–Kier alpha value is -2.98. The summed E-state index contributed by atoms with van der Waals surface area (Å²) in [4.78, 5) is 26.0. The number of hydrogen-bond donors (Lipinski definition) is 2. The zero-order valence-corrected chi connectivity index (χ0v) is 14.8. The average molecular weight is 356 g/mol. The van der Waals surface area contributed by atoms with Gasteiger partial charge in [0, 0.05) is 17.0 Å². The molecule has 0 heterocycles. The molecule has 0 aliphatic heterocycles. The van der Waals surface area contributed by atoms with Crippen molar-refractivity contribution in [3.05, 3.63) is 53.5 Å². The Kier molecular flexibility index (Phi) is 6.64. The van der Waals surface area contributed by atoms with E-state index in [0.717, 1.165) is 5.70 Å². The quantitative estimate of drug-likeness (QED) is 0.819. The van der Waals surface area contributed by atoms with Crippen molar-refractivity contribution in [3.63, 3.8) is 0 Å². The average Bonchev–Trinajstić information content (AvgIpc) is 2.61. The van der Waals surface area contributed by atoms with Gasteiger partial charge in [-0.05, 0) is 57.2 Å². The first kappa shape index (κ1) is 19.3. The van der Waals surface area contributed by atoms with Crippen LogP contribution >= 0.6 is 0 Å². The van der Waals surface area contributed by atoms with Crippen LogP contribution in [0.2, 0.25) is 0 Å². The molecule has 7 heteroatoms. The molecule has 1 atom stereocenters. The standard InChI is InChI=1S/C19H21FN4O2/c1-13(19(26)23-16-8-6-14(11-21)7-9-16)24(2)12-18(25)22-17-5-3-4-15(20)10-17/h3-6,8,10,13H,7,9,12H2,1-2H3,(H,22,25)(H,23,26). The monoisotopic (exact) mass is 356 g/mol. The van der Waals surface area contributed by atoms with Gasteiger partial charge in [0.05, 0.1) is 18.7 Å². The fourth-order valence-corrected chi connectivity index (χ4v) is 2.43. The molecule has 1 unspecified atom stereocenters. The fraction of sp³-hybridized carbons (Fsp3) is 0.316. The number of likely N-dealkylation sites (N-methyl/N-ethyl adjacent to an activating group) is 1. The molecule has 1 aromatic carbocycles. The molecule has 1 aliphatic rings. The summed E-state index contributed by atoms with van der Waals surface area (Å²) in [5, 5.41) is 14.2. The van der Waals surface area contributed by atoms with Crippen molar-refractivity contribution in [3.8, 4) is 6.07 Å². The summed E-state index contributed by atoms with van der Waals surface area (Å²) >= 11 is 0. The second-order valence-corrected chi connectivity index (χ2v) is 6.13. The van der Waals surface area contributed by atoms with Crippen molar-refractivity contribution in [2.45, 2.75) is 25.8 Å². The summed E-state index contributed by atoms with van der Waals surface area (Å²) in [7, 11) is 1.67. The van der Waals surface area contributed by atoms with Crippen LogP contribution in [0.1, 0.15) is 19.8 Å². The Bertz CT molecular complexity index is 795. The minimum absolute atomic E-state index is 0.0113. The molecular formula is C19H21FN4O2. The van der Waals surface area contributed by atoms with Crippen LogP contribution in [-0.4, -0.2) is 36.3 Å². The van der Waals surface area contributed by atoms with Gasteiger partial charge in [0.25, 0.3) is 0 Å². The van der Waals surface area contributed by atoms with Gasteiger partial charge >= 0.3 is 0 Å². The molecule has 0 fully saturated rings. The number of rotatable bonds is 6. The van der Waals surface area contributed by atoms with Crippen LogP contribution in [0.4, 0.5) is 10.1 Å². The van der Waals surface area contributed by atoms with Crippen LogP contribution in [0.25, 0.3) is 0 Å². The lowest BCUT2D eigenvalue weighted by Gasteiger charge is -2.24. The number of nitriles is 1. The minimum Gasteiger partial charge on any atom is -0.328 e. The van der Waals surface area contributed by atoms with Gasteiger partial charge in [0.15, 0.2) is 0 Å². The van der Waals surface area contributed by atoms with Crippen molar-refractivity contribution in [1.82, 2.24) is 10.2 Å². The fourth-order valence-electron chi connectivity index (χ4n) is 2.43. The lowest BCUT2D eigenvalue weighted by Crippen LogP contribution is -2.45. The van der Waals surface area contributed by atoms with E-state index in [1.807, 2.05) is 0 Å². The second-order valence-electron chi connectivity index (χ2n) is 6.13. The lowest BCUT2D eigenvalue weighted by molar-refractivity contribution is -0.125. The highest BCUT2D eigenvalue weighted by Gasteiger charge is 2.21. The van der Waals surface area contributed by atoms with Crippen LogP contribution in [0, 0.1) is 17.1 Å². The minimum atomic E-state index is -0.532. The van der Waals surface area contributed by atoms with E-state index in [9.17, 15) is 14.0 Å². The number of carbonyl (C=O) groups is 2.